The number of nitrogens with zero attached hydrogens (tertiary/aromatic N) is 2. The largest absolute Gasteiger partial charge is 0.392 e. The molecule has 0 aliphatic carbocycles. The average molecular weight is 302 g/mol. The molecule has 0 aromatic carbocycles. The second kappa shape index (κ2) is 6.21. The predicted molar refractivity (Wildman–Crippen MR) is 75.5 cm³/mol. The summed E-state index contributed by atoms with van der Waals surface area (Å²) >= 11 is 1.82. The van der Waals surface area contributed by atoms with Gasteiger partial charge in [0.2, 0.25) is 0 Å². The van der Waals surface area contributed by atoms with Gasteiger partial charge in [0.1, 0.15) is 0 Å². The number of pyridine rings is 1. The van der Waals surface area contributed by atoms with Gasteiger partial charge in [-0.1, -0.05) is 13.0 Å². The highest BCUT2D eigenvalue weighted by molar-refractivity contribution is 8.00. The number of sulfonamides is 1. The Morgan fingerprint density at radius 2 is 2.32 bits per heavy atom. The molecule has 0 spiro atoms. The molecule has 1 saturated heterocycles. The minimum Gasteiger partial charge on any atom is -0.392 e. The Morgan fingerprint density at radius 3 is 2.89 bits per heavy atom. The highest BCUT2D eigenvalue weighted by Gasteiger charge is 2.30. The first-order valence-electron chi connectivity index (χ1n) is 6.25. The van der Waals surface area contributed by atoms with Crippen LogP contribution in [-0.2, 0) is 16.6 Å². The van der Waals surface area contributed by atoms with E-state index in [0.29, 0.717) is 23.9 Å². The summed E-state index contributed by atoms with van der Waals surface area (Å²) in [6.07, 6.45) is 2.37. The van der Waals surface area contributed by atoms with Crippen LogP contribution in [0.15, 0.2) is 23.4 Å². The van der Waals surface area contributed by atoms with E-state index in [1.54, 1.807) is 6.07 Å². The van der Waals surface area contributed by atoms with Crippen molar-refractivity contribution >= 4 is 21.8 Å². The van der Waals surface area contributed by atoms with E-state index >= 15 is 0 Å². The van der Waals surface area contributed by atoms with Crippen LogP contribution in [0.25, 0.3) is 0 Å². The van der Waals surface area contributed by atoms with E-state index < -0.39 is 10.0 Å². The van der Waals surface area contributed by atoms with Gasteiger partial charge >= 0.3 is 0 Å². The molecule has 1 aromatic heterocycles. The molecule has 7 heteroatoms. The zero-order chi connectivity index (χ0) is 13.9. The molecule has 1 unspecified atom stereocenters. The van der Waals surface area contributed by atoms with Crippen molar-refractivity contribution in [1.29, 1.82) is 0 Å². The first-order chi connectivity index (χ1) is 9.07. The van der Waals surface area contributed by atoms with E-state index in [4.69, 9.17) is 5.11 Å². The Morgan fingerprint density at radius 1 is 1.53 bits per heavy atom. The molecule has 5 nitrogen and oxygen atoms in total. The lowest BCUT2D eigenvalue weighted by atomic mass is 10.3. The van der Waals surface area contributed by atoms with Crippen molar-refractivity contribution in [2.75, 3.05) is 18.8 Å². The van der Waals surface area contributed by atoms with Gasteiger partial charge in [-0.3, -0.25) is 0 Å². The lowest BCUT2D eigenvalue weighted by Gasteiger charge is -2.30. The van der Waals surface area contributed by atoms with Crippen LogP contribution < -0.4 is 0 Å². The number of aliphatic hydroxyl groups excluding tert-OH is 1. The van der Waals surface area contributed by atoms with Gasteiger partial charge in [-0.25, -0.2) is 13.4 Å². The maximum Gasteiger partial charge on any atom is 0.260 e. The van der Waals surface area contributed by atoms with Crippen LogP contribution >= 0.6 is 11.8 Å². The third-order valence-corrected chi connectivity index (χ3v) is 6.29. The van der Waals surface area contributed by atoms with Gasteiger partial charge in [0, 0.05) is 30.3 Å². The van der Waals surface area contributed by atoms with E-state index in [1.807, 2.05) is 11.8 Å². The topological polar surface area (TPSA) is 70.5 Å². The van der Waals surface area contributed by atoms with Crippen LogP contribution in [0.4, 0.5) is 0 Å². The van der Waals surface area contributed by atoms with Gasteiger partial charge in [0.15, 0.2) is 5.03 Å². The Bertz CT molecular complexity index is 516. The predicted octanol–water partition coefficient (Wildman–Crippen LogP) is 1.09. The quantitative estimate of drug-likeness (QED) is 0.901. The molecule has 2 rings (SSSR count). The Kier molecular flexibility index (Phi) is 4.83. The molecule has 0 bridgehead atoms. The number of hydrogen-bond donors (Lipinski definition) is 1. The van der Waals surface area contributed by atoms with Crippen LogP contribution in [0.2, 0.25) is 0 Å². The summed E-state index contributed by atoms with van der Waals surface area (Å²) in [5.41, 5.74) is 0.611. The minimum absolute atomic E-state index is 0.0615. The standard InChI is InChI=1S/C12H18N2O3S2/c1-2-11-8-14(5-6-18-11)19(16,17)12-4-3-10(9-15)7-13-12/h3-4,7,11,15H,2,5-6,8-9H2,1H3. The smallest absolute Gasteiger partial charge is 0.260 e. The molecule has 0 amide bonds. The van der Waals surface area contributed by atoms with Gasteiger partial charge in [-0.2, -0.15) is 16.1 Å². The van der Waals surface area contributed by atoms with Crippen molar-refractivity contribution in [3.63, 3.8) is 0 Å². The SMILES string of the molecule is CCC1CN(S(=O)(=O)c2ccc(CO)cn2)CCS1. The zero-order valence-electron chi connectivity index (χ0n) is 10.8. The summed E-state index contributed by atoms with van der Waals surface area (Å²) in [4.78, 5) is 3.95. The molecule has 1 atom stereocenters. The van der Waals surface area contributed by atoms with Crippen LogP contribution in [0.1, 0.15) is 18.9 Å². The van der Waals surface area contributed by atoms with Crippen LogP contribution in [0, 0.1) is 0 Å². The first kappa shape index (κ1) is 14.8. The first-order valence-corrected chi connectivity index (χ1v) is 8.74. The van der Waals surface area contributed by atoms with Gasteiger partial charge in [-0.15, -0.1) is 0 Å². The molecular weight excluding hydrogens is 284 g/mol. The molecule has 0 radical (unpaired) electrons. The molecule has 2 heterocycles. The highest BCUT2D eigenvalue weighted by atomic mass is 32.2. The molecular formula is C12H18N2O3S2. The Balaban J connectivity index is 2.20. The van der Waals surface area contributed by atoms with Crippen molar-refractivity contribution in [2.24, 2.45) is 0 Å². The minimum atomic E-state index is -3.50. The summed E-state index contributed by atoms with van der Waals surface area (Å²) in [7, 11) is -3.50. The molecule has 106 valence electrons. The number of rotatable bonds is 4. The maximum atomic E-state index is 12.4. The molecule has 19 heavy (non-hydrogen) atoms. The second-order valence-electron chi connectivity index (χ2n) is 4.43. The third-order valence-electron chi connectivity index (χ3n) is 3.14. The number of aromatic nitrogens is 1. The van der Waals surface area contributed by atoms with Crippen molar-refractivity contribution < 1.29 is 13.5 Å². The average Bonchev–Trinajstić information content (AvgIpc) is 2.47. The van der Waals surface area contributed by atoms with Crippen LogP contribution in [0.5, 0.6) is 0 Å². The van der Waals surface area contributed by atoms with Crippen molar-refractivity contribution in [2.45, 2.75) is 30.2 Å². The fraction of sp³-hybridized carbons (Fsp3) is 0.583. The van der Waals surface area contributed by atoms with Gasteiger partial charge in [0.25, 0.3) is 10.0 Å². The van der Waals surface area contributed by atoms with Crippen molar-refractivity contribution in [3.8, 4) is 0 Å². The van der Waals surface area contributed by atoms with Crippen molar-refractivity contribution in [3.05, 3.63) is 23.9 Å². The van der Waals surface area contributed by atoms with E-state index in [0.717, 1.165) is 12.2 Å². The molecule has 0 saturated carbocycles. The summed E-state index contributed by atoms with van der Waals surface area (Å²) in [5.74, 6) is 0.826. The highest BCUT2D eigenvalue weighted by Crippen LogP contribution is 2.25. The molecule has 1 aliphatic heterocycles. The lowest BCUT2D eigenvalue weighted by molar-refractivity contribution is 0.281. The van der Waals surface area contributed by atoms with E-state index in [9.17, 15) is 8.42 Å². The Labute approximate surface area is 118 Å². The number of thioether (sulfide) groups is 1. The monoisotopic (exact) mass is 302 g/mol. The molecule has 1 aliphatic rings. The zero-order valence-corrected chi connectivity index (χ0v) is 12.5. The summed E-state index contributed by atoms with van der Waals surface area (Å²) < 4.78 is 26.4. The second-order valence-corrected chi connectivity index (χ2v) is 7.72. The fourth-order valence-corrected chi connectivity index (χ4v) is 4.74. The third kappa shape index (κ3) is 3.28. The number of aliphatic hydroxyl groups is 1. The maximum absolute atomic E-state index is 12.4. The summed E-state index contributed by atoms with van der Waals surface area (Å²) in [6, 6.07) is 3.06. The molecule has 1 fully saturated rings. The van der Waals surface area contributed by atoms with Gasteiger partial charge < -0.3 is 5.11 Å². The normalized spacial score (nSPS) is 21.5. The van der Waals surface area contributed by atoms with E-state index in [-0.39, 0.29) is 11.6 Å². The van der Waals surface area contributed by atoms with Crippen LogP contribution in [-0.4, -0.2) is 46.9 Å². The van der Waals surface area contributed by atoms with E-state index in [2.05, 4.69) is 11.9 Å². The van der Waals surface area contributed by atoms with E-state index in [1.165, 1.54) is 16.6 Å². The van der Waals surface area contributed by atoms with Crippen molar-refractivity contribution in [1.82, 2.24) is 9.29 Å². The lowest BCUT2D eigenvalue weighted by Crippen LogP contribution is -2.41. The van der Waals surface area contributed by atoms with Crippen LogP contribution in [0.3, 0.4) is 0 Å². The summed E-state index contributed by atoms with van der Waals surface area (Å²) in [6.45, 7) is 3.02. The molecule has 1 aromatic rings. The Hall–Kier alpha value is -0.630. The summed E-state index contributed by atoms with van der Waals surface area (Å²) in [5, 5.41) is 9.37. The van der Waals surface area contributed by atoms with Gasteiger partial charge in [0.05, 0.1) is 6.61 Å². The van der Waals surface area contributed by atoms with Gasteiger partial charge in [-0.05, 0) is 18.1 Å². The molecule has 1 N–H and O–H groups in total. The number of hydrogen-bond acceptors (Lipinski definition) is 5. The fourth-order valence-electron chi connectivity index (χ4n) is 1.95.